The second-order valence-electron chi connectivity index (χ2n) is 4.62. The molecule has 2 aromatic carbocycles. The van der Waals surface area contributed by atoms with Gasteiger partial charge in [-0.05, 0) is 43.2 Å². The van der Waals surface area contributed by atoms with Crippen molar-refractivity contribution in [3.63, 3.8) is 0 Å². The molecule has 0 radical (unpaired) electrons. The Labute approximate surface area is 112 Å². The molecule has 2 rings (SSSR count). The molecule has 0 aliphatic carbocycles. The minimum atomic E-state index is -0.213. The first-order chi connectivity index (χ1) is 9.08. The number of carbonyl (C=O) groups excluding carboxylic acids is 1. The van der Waals surface area contributed by atoms with Crippen molar-refractivity contribution in [2.45, 2.75) is 19.8 Å². The summed E-state index contributed by atoms with van der Waals surface area (Å²) >= 11 is 0. The summed E-state index contributed by atoms with van der Waals surface area (Å²) in [5.74, 6) is -0.0410. The van der Waals surface area contributed by atoms with Crippen molar-refractivity contribution in [2.75, 3.05) is 5.32 Å². The van der Waals surface area contributed by atoms with Crippen molar-refractivity contribution in [1.82, 2.24) is 0 Å². The number of benzene rings is 2. The SMILES string of the molecule is Cc1cc(NC(=O)C(C)c2ccccc2)ccc1O. The number of hydrogen-bond acceptors (Lipinski definition) is 2. The van der Waals surface area contributed by atoms with Gasteiger partial charge in [0.15, 0.2) is 0 Å². The van der Waals surface area contributed by atoms with Crippen LogP contribution in [0.5, 0.6) is 5.75 Å². The van der Waals surface area contributed by atoms with Gasteiger partial charge in [0.25, 0.3) is 0 Å². The monoisotopic (exact) mass is 255 g/mol. The predicted molar refractivity (Wildman–Crippen MR) is 76.3 cm³/mol. The molecule has 1 unspecified atom stereocenters. The van der Waals surface area contributed by atoms with E-state index in [1.165, 1.54) is 0 Å². The van der Waals surface area contributed by atoms with Crippen LogP contribution in [0.4, 0.5) is 5.69 Å². The molecular formula is C16H17NO2. The van der Waals surface area contributed by atoms with Gasteiger partial charge in [0.2, 0.25) is 5.91 Å². The highest BCUT2D eigenvalue weighted by Gasteiger charge is 2.15. The number of hydrogen-bond donors (Lipinski definition) is 2. The van der Waals surface area contributed by atoms with Crippen LogP contribution in [0.25, 0.3) is 0 Å². The number of anilines is 1. The molecule has 1 atom stereocenters. The minimum Gasteiger partial charge on any atom is -0.508 e. The number of phenolic OH excluding ortho intramolecular Hbond substituents is 1. The van der Waals surface area contributed by atoms with E-state index in [4.69, 9.17) is 0 Å². The third-order valence-corrected chi connectivity index (χ3v) is 3.16. The van der Waals surface area contributed by atoms with E-state index in [1.807, 2.05) is 37.3 Å². The lowest BCUT2D eigenvalue weighted by atomic mass is 10.0. The van der Waals surface area contributed by atoms with Crippen LogP contribution in [0.15, 0.2) is 48.5 Å². The first-order valence-corrected chi connectivity index (χ1v) is 6.23. The van der Waals surface area contributed by atoms with Crippen molar-refractivity contribution in [3.05, 3.63) is 59.7 Å². The van der Waals surface area contributed by atoms with Crippen LogP contribution in [-0.2, 0) is 4.79 Å². The Balaban J connectivity index is 2.10. The Morgan fingerprint density at radius 2 is 1.84 bits per heavy atom. The van der Waals surface area contributed by atoms with Gasteiger partial charge >= 0.3 is 0 Å². The van der Waals surface area contributed by atoms with E-state index in [0.29, 0.717) is 5.69 Å². The predicted octanol–water partition coefficient (Wildman–Crippen LogP) is 3.44. The van der Waals surface area contributed by atoms with Gasteiger partial charge in [-0.2, -0.15) is 0 Å². The highest BCUT2D eigenvalue weighted by molar-refractivity contribution is 5.95. The molecule has 19 heavy (non-hydrogen) atoms. The summed E-state index contributed by atoms with van der Waals surface area (Å²) in [6, 6.07) is 14.7. The van der Waals surface area contributed by atoms with E-state index < -0.39 is 0 Å². The van der Waals surface area contributed by atoms with E-state index in [1.54, 1.807) is 25.1 Å². The topological polar surface area (TPSA) is 49.3 Å². The second kappa shape index (κ2) is 5.57. The summed E-state index contributed by atoms with van der Waals surface area (Å²) in [6.07, 6.45) is 0. The normalized spacial score (nSPS) is 11.9. The molecule has 0 saturated carbocycles. The minimum absolute atomic E-state index is 0.0590. The zero-order valence-corrected chi connectivity index (χ0v) is 11.1. The fraction of sp³-hybridized carbons (Fsp3) is 0.188. The third-order valence-electron chi connectivity index (χ3n) is 3.16. The number of aromatic hydroxyl groups is 1. The lowest BCUT2D eigenvalue weighted by Crippen LogP contribution is -2.18. The maximum absolute atomic E-state index is 12.1. The Morgan fingerprint density at radius 3 is 2.47 bits per heavy atom. The van der Waals surface area contributed by atoms with E-state index in [0.717, 1.165) is 11.1 Å². The first kappa shape index (κ1) is 13.1. The van der Waals surface area contributed by atoms with E-state index in [9.17, 15) is 9.90 Å². The number of phenols is 1. The maximum Gasteiger partial charge on any atom is 0.231 e. The summed E-state index contributed by atoms with van der Waals surface area (Å²) in [4.78, 5) is 12.1. The number of amides is 1. The molecule has 0 saturated heterocycles. The molecule has 0 bridgehead atoms. The zero-order chi connectivity index (χ0) is 13.8. The van der Waals surface area contributed by atoms with Crippen LogP contribution >= 0.6 is 0 Å². The average molecular weight is 255 g/mol. The van der Waals surface area contributed by atoms with Crippen molar-refractivity contribution in [2.24, 2.45) is 0 Å². The highest BCUT2D eigenvalue weighted by Crippen LogP contribution is 2.22. The molecule has 2 N–H and O–H groups in total. The van der Waals surface area contributed by atoms with Gasteiger partial charge in [0, 0.05) is 5.69 Å². The highest BCUT2D eigenvalue weighted by atomic mass is 16.3. The molecule has 3 nitrogen and oxygen atoms in total. The second-order valence-corrected chi connectivity index (χ2v) is 4.62. The molecule has 98 valence electrons. The van der Waals surface area contributed by atoms with Gasteiger partial charge < -0.3 is 10.4 Å². The number of rotatable bonds is 3. The number of nitrogens with one attached hydrogen (secondary N) is 1. The summed E-state index contributed by atoms with van der Waals surface area (Å²) in [7, 11) is 0. The van der Waals surface area contributed by atoms with E-state index in [2.05, 4.69) is 5.32 Å². The summed E-state index contributed by atoms with van der Waals surface area (Å²) in [6.45, 7) is 3.67. The van der Waals surface area contributed by atoms with Crippen LogP contribution < -0.4 is 5.32 Å². The van der Waals surface area contributed by atoms with Crippen molar-refractivity contribution < 1.29 is 9.90 Å². The van der Waals surface area contributed by atoms with Crippen LogP contribution in [0.2, 0.25) is 0 Å². The average Bonchev–Trinajstić information content (AvgIpc) is 2.43. The molecule has 1 amide bonds. The van der Waals surface area contributed by atoms with Gasteiger partial charge in [-0.25, -0.2) is 0 Å². The summed E-state index contributed by atoms with van der Waals surface area (Å²) < 4.78 is 0. The Morgan fingerprint density at radius 1 is 1.16 bits per heavy atom. The van der Waals surface area contributed by atoms with Crippen LogP contribution in [0, 0.1) is 6.92 Å². The van der Waals surface area contributed by atoms with Gasteiger partial charge in [-0.1, -0.05) is 30.3 Å². The largest absolute Gasteiger partial charge is 0.508 e. The van der Waals surface area contributed by atoms with Crippen molar-refractivity contribution in [1.29, 1.82) is 0 Å². The summed E-state index contributed by atoms with van der Waals surface area (Å²) in [5, 5.41) is 12.3. The number of carbonyl (C=O) groups is 1. The molecule has 0 aromatic heterocycles. The Hall–Kier alpha value is -2.29. The lowest BCUT2D eigenvalue weighted by Gasteiger charge is -2.13. The number of aryl methyl sites for hydroxylation is 1. The molecule has 0 aliphatic rings. The van der Waals surface area contributed by atoms with Gasteiger partial charge in [0.1, 0.15) is 5.75 Å². The fourth-order valence-corrected chi connectivity index (χ4v) is 1.88. The Kier molecular flexibility index (Phi) is 3.85. The third kappa shape index (κ3) is 3.13. The first-order valence-electron chi connectivity index (χ1n) is 6.23. The zero-order valence-electron chi connectivity index (χ0n) is 11.1. The van der Waals surface area contributed by atoms with Crippen molar-refractivity contribution >= 4 is 11.6 Å². The van der Waals surface area contributed by atoms with Gasteiger partial charge in [0.05, 0.1) is 5.92 Å². The molecule has 0 aliphatic heterocycles. The molecular weight excluding hydrogens is 238 g/mol. The van der Waals surface area contributed by atoms with Gasteiger partial charge in [-0.3, -0.25) is 4.79 Å². The van der Waals surface area contributed by atoms with Crippen LogP contribution in [0.1, 0.15) is 24.0 Å². The standard InChI is InChI=1S/C16H17NO2/c1-11-10-14(8-9-15(11)18)17-16(19)12(2)13-6-4-3-5-7-13/h3-10,12,18H,1-2H3,(H,17,19). The van der Waals surface area contributed by atoms with Crippen molar-refractivity contribution in [3.8, 4) is 5.75 Å². The fourth-order valence-electron chi connectivity index (χ4n) is 1.88. The molecule has 2 aromatic rings. The van der Waals surface area contributed by atoms with E-state index in [-0.39, 0.29) is 17.6 Å². The summed E-state index contributed by atoms with van der Waals surface area (Å²) in [5.41, 5.74) is 2.42. The lowest BCUT2D eigenvalue weighted by molar-refractivity contribution is -0.117. The van der Waals surface area contributed by atoms with E-state index >= 15 is 0 Å². The molecule has 0 spiro atoms. The molecule has 0 fully saturated rings. The van der Waals surface area contributed by atoms with Crippen LogP contribution in [-0.4, -0.2) is 11.0 Å². The quantitative estimate of drug-likeness (QED) is 0.825. The van der Waals surface area contributed by atoms with Gasteiger partial charge in [-0.15, -0.1) is 0 Å². The maximum atomic E-state index is 12.1. The molecule has 3 heteroatoms. The van der Waals surface area contributed by atoms with Crippen LogP contribution in [0.3, 0.4) is 0 Å². The molecule has 0 heterocycles. The Bertz CT molecular complexity index is 579. The smallest absolute Gasteiger partial charge is 0.231 e.